The number of benzene rings is 2. The number of sulfonamides is 1. The molecule has 7 heteroatoms. The summed E-state index contributed by atoms with van der Waals surface area (Å²) in [4.78, 5) is 4.32. The number of nitrogens with zero attached hydrogens (tertiary/aromatic N) is 3. The van der Waals surface area contributed by atoms with Crippen LogP contribution in [0.5, 0.6) is 0 Å². The zero-order chi connectivity index (χ0) is 18.7. The predicted molar refractivity (Wildman–Crippen MR) is 99.7 cm³/mol. The summed E-state index contributed by atoms with van der Waals surface area (Å²) in [5.74, 6) is 0.653. The quantitative estimate of drug-likeness (QED) is 0.664. The van der Waals surface area contributed by atoms with Gasteiger partial charge in [-0.05, 0) is 31.0 Å². The molecular formula is C19H21N3O3S. The number of aryl methyl sites for hydroxylation is 2. The molecule has 0 aliphatic heterocycles. The van der Waals surface area contributed by atoms with Gasteiger partial charge in [-0.2, -0.15) is 9.29 Å². The van der Waals surface area contributed by atoms with Gasteiger partial charge in [-0.1, -0.05) is 53.2 Å². The van der Waals surface area contributed by atoms with Crippen molar-refractivity contribution in [3.63, 3.8) is 0 Å². The van der Waals surface area contributed by atoms with Crippen molar-refractivity contribution >= 4 is 10.0 Å². The lowest BCUT2D eigenvalue weighted by Crippen LogP contribution is -2.28. The number of aromatic nitrogens is 2. The SMILES string of the molecule is Cc1cccc(-c2noc(CN(C)S(=O)(=O)Cc3ccccc3C)n2)c1. The van der Waals surface area contributed by atoms with Crippen molar-refractivity contribution in [3.8, 4) is 11.4 Å². The first kappa shape index (κ1) is 18.3. The molecule has 3 rings (SSSR count). The van der Waals surface area contributed by atoms with Gasteiger partial charge in [0.25, 0.3) is 0 Å². The van der Waals surface area contributed by atoms with E-state index in [1.807, 2.05) is 62.4 Å². The van der Waals surface area contributed by atoms with Crippen LogP contribution in [0, 0.1) is 13.8 Å². The normalized spacial score (nSPS) is 11.8. The lowest BCUT2D eigenvalue weighted by molar-refractivity contribution is 0.336. The molecule has 0 bridgehead atoms. The monoisotopic (exact) mass is 371 g/mol. The van der Waals surface area contributed by atoms with Gasteiger partial charge >= 0.3 is 0 Å². The highest BCUT2D eigenvalue weighted by Crippen LogP contribution is 2.19. The summed E-state index contributed by atoms with van der Waals surface area (Å²) in [5, 5.41) is 3.95. The lowest BCUT2D eigenvalue weighted by atomic mass is 10.1. The van der Waals surface area contributed by atoms with Crippen LogP contribution in [0.25, 0.3) is 11.4 Å². The van der Waals surface area contributed by atoms with Crippen molar-refractivity contribution in [1.82, 2.24) is 14.4 Å². The number of hydrogen-bond acceptors (Lipinski definition) is 5. The van der Waals surface area contributed by atoms with Crippen molar-refractivity contribution < 1.29 is 12.9 Å². The Morgan fingerprint density at radius 2 is 1.85 bits per heavy atom. The summed E-state index contributed by atoms with van der Waals surface area (Å²) in [6.07, 6.45) is 0. The molecular weight excluding hydrogens is 350 g/mol. The van der Waals surface area contributed by atoms with Crippen molar-refractivity contribution in [2.45, 2.75) is 26.1 Å². The van der Waals surface area contributed by atoms with Gasteiger partial charge in [-0.15, -0.1) is 0 Å². The van der Waals surface area contributed by atoms with E-state index in [0.29, 0.717) is 5.82 Å². The van der Waals surface area contributed by atoms with E-state index in [-0.39, 0.29) is 18.2 Å². The second-order valence-electron chi connectivity index (χ2n) is 6.32. The Hall–Kier alpha value is -2.51. The summed E-state index contributed by atoms with van der Waals surface area (Å²) in [6.45, 7) is 3.92. The first-order valence-electron chi connectivity index (χ1n) is 8.23. The molecule has 1 heterocycles. The van der Waals surface area contributed by atoms with E-state index in [0.717, 1.165) is 22.3 Å². The molecule has 0 aliphatic rings. The molecule has 0 amide bonds. The van der Waals surface area contributed by atoms with Crippen molar-refractivity contribution in [2.24, 2.45) is 0 Å². The van der Waals surface area contributed by atoms with Gasteiger partial charge in [-0.3, -0.25) is 0 Å². The average molecular weight is 371 g/mol. The zero-order valence-electron chi connectivity index (χ0n) is 15.0. The van der Waals surface area contributed by atoms with Crippen LogP contribution < -0.4 is 0 Å². The maximum absolute atomic E-state index is 12.6. The summed E-state index contributed by atoms with van der Waals surface area (Å²) in [6, 6.07) is 15.2. The van der Waals surface area contributed by atoms with Crippen LogP contribution in [-0.4, -0.2) is 29.9 Å². The van der Waals surface area contributed by atoms with Gasteiger partial charge < -0.3 is 4.52 Å². The van der Waals surface area contributed by atoms with E-state index in [2.05, 4.69) is 10.1 Å². The van der Waals surface area contributed by atoms with E-state index in [1.54, 1.807) is 0 Å². The molecule has 0 radical (unpaired) electrons. The third-order valence-corrected chi connectivity index (χ3v) is 5.93. The second-order valence-corrected chi connectivity index (χ2v) is 8.40. The van der Waals surface area contributed by atoms with Crippen LogP contribution in [0.3, 0.4) is 0 Å². The third kappa shape index (κ3) is 4.17. The summed E-state index contributed by atoms with van der Waals surface area (Å²) >= 11 is 0. The van der Waals surface area contributed by atoms with Crippen LogP contribution in [0.2, 0.25) is 0 Å². The van der Waals surface area contributed by atoms with Crippen molar-refractivity contribution in [2.75, 3.05) is 7.05 Å². The Bertz CT molecular complexity index is 1010. The van der Waals surface area contributed by atoms with Gasteiger partial charge in [0, 0.05) is 12.6 Å². The van der Waals surface area contributed by atoms with Crippen LogP contribution in [0.1, 0.15) is 22.6 Å². The summed E-state index contributed by atoms with van der Waals surface area (Å²) in [7, 11) is -1.97. The van der Waals surface area contributed by atoms with Crippen molar-refractivity contribution in [1.29, 1.82) is 0 Å². The fourth-order valence-electron chi connectivity index (χ4n) is 2.59. The Morgan fingerprint density at radius 1 is 1.08 bits per heavy atom. The molecule has 2 aromatic carbocycles. The van der Waals surface area contributed by atoms with E-state index < -0.39 is 10.0 Å². The van der Waals surface area contributed by atoms with Crippen LogP contribution >= 0.6 is 0 Å². The third-order valence-electron chi connectivity index (χ3n) is 4.18. The molecule has 0 saturated carbocycles. The molecule has 1 aromatic heterocycles. The minimum Gasteiger partial charge on any atom is -0.338 e. The lowest BCUT2D eigenvalue weighted by Gasteiger charge is -2.15. The Kier molecular flexibility index (Phi) is 5.20. The molecule has 0 spiro atoms. The Morgan fingerprint density at radius 3 is 2.58 bits per heavy atom. The molecule has 0 aliphatic carbocycles. The minimum atomic E-state index is -3.49. The standard InChI is InChI=1S/C19H21N3O3S/c1-14-7-6-10-16(11-14)19-20-18(25-21-19)12-22(3)26(23,24)13-17-9-5-4-8-15(17)2/h4-11H,12-13H2,1-3H3. The van der Waals surface area contributed by atoms with Crippen molar-refractivity contribution in [3.05, 3.63) is 71.1 Å². The van der Waals surface area contributed by atoms with Crippen LogP contribution in [0.15, 0.2) is 53.1 Å². The maximum Gasteiger partial charge on any atom is 0.242 e. The van der Waals surface area contributed by atoms with E-state index in [4.69, 9.17) is 4.52 Å². The average Bonchev–Trinajstić information content (AvgIpc) is 3.05. The first-order chi connectivity index (χ1) is 12.3. The molecule has 26 heavy (non-hydrogen) atoms. The largest absolute Gasteiger partial charge is 0.338 e. The molecule has 0 unspecified atom stereocenters. The highest BCUT2D eigenvalue weighted by molar-refractivity contribution is 7.88. The summed E-state index contributed by atoms with van der Waals surface area (Å²) in [5.41, 5.74) is 3.66. The predicted octanol–water partition coefficient (Wildman–Crippen LogP) is 3.32. The molecule has 0 atom stereocenters. The Labute approximate surface area is 153 Å². The van der Waals surface area contributed by atoms with E-state index >= 15 is 0 Å². The smallest absolute Gasteiger partial charge is 0.242 e. The van der Waals surface area contributed by atoms with Gasteiger partial charge in [0.1, 0.15) is 0 Å². The number of rotatable bonds is 6. The first-order valence-corrected chi connectivity index (χ1v) is 9.84. The van der Waals surface area contributed by atoms with Gasteiger partial charge in [0.05, 0.1) is 12.3 Å². The minimum absolute atomic E-state index is 0.0348. The second kappa shape index (κ2) is 7.39. The molecule has 0 saturated heterocycles. The molecule has 6 nitrogen and oxygen atoms in total. The Balaban J connectivity index is 1.73. The van der Waals surface area contributed by atoms with Crippen LogP contribution in [-0.2, 0) is 22.3 Å². The maximum atomic E-state index is 12.6. The van der Waals surface area contributed by atoms with Gasteiger partial charge in [0.15, 0.2) is 0 Å². The topological polar surface area (TPSA) is 76.3 Å². The summed E-state index contributed by atoms with van der Waals surface area (Å²) < 4.78 is 31.7. The number of hydrogen-bond donors (Lipinski definition) is 0. The molecule has 3 aromatic rings. The zero-order valence-corrected chi connectivity index (χ0v) is 15.8. The van der Waals surface area contributed by atoms with Gasteiger partial charge in [0.2, 0.25) is 21.7 Å². The highest BCUT2D eigenvalue weighted by Gasteiger charge is 2.22. The van der Waals surface area contributed by atoms with E-state index in [9.17, 15) is 8.42 Å². The fraction of sp³-hybridized carbons (Fsp3) is 0.263. The molecule has 136 valence electrons. The van der Waals surface area contributed by atoms with E-state index in [1.165, 1.54) is 11.4 Å². The van der Waals surface area contributed by atoms with Gasteiger partial charge in [-0.25, -0.2) is 8.42 Å². The fourth-order valence-corrected chi connectivity index (χ4v) is 3.83. The highest BCUT2D eigenvalue weighted by atomic mass is 32.2. The molecule has 0 N–H and O–H groups in total. The molecule has 0 fully saturated rings. The van der Waals surface area contributed by atoms with Crippen LogP contribution in [0.4, 0.5) is 0 Å².